The van der Waals surface area contributed by atoms with E-state index < -0.39 is 6.23 Å². The van der Waals surface area contributed by atoms with Crippen LogP contribution in [-0.4, -0.2) is 33.8 Å². The molecule has 1 aliphatic heterocycles. The van der Waals surface area contributed by atoms with Crippen LogP contribution in [-0.2, 0) is 0 Å². The monoisotopic (exact) mass is 187 g/mol. The molecule has 68 valence electrons. The Hall–Kier alpha value is -0.480. The number of aliphatic hydroxyl groups is 1. The molecular formula is C8H13NO2S. The van der Waals surface area contributed by atoms with Gasteiger partial charge in [0.05, 0.1) is 0 Å². The zero-order valence-corrected chi connectivity index (χ0v) is 7.93. The van der Waals surface area contributed by atoms with Gasteiger partial charge in [0.25, 0.3) is 5.24 Å². The normalized spacial score (nSPS) is 23.3. The molecule has 4 heteroatoms. The van der Waals surface area contributed by atoms with Crippen LogP contribution in [0.2, 0.25) is 0 Å². The first-order valence-electron chi connectivity index (χ1n) is 3.87. The van der Waals surface area contributed by atoms with E-state index in [0.717, 1.165) is 12.0 Å². The van der Waals surface area contributed by atoms with Gasteiger partial charge in [-0.1, -0.05) is 17.3 Å². The van der Waals surface area contributed by atoms with Gasteiger partial charge in [0.1, 0.15) is 6.23 Å². The van der Waals surface area contributed by atoms with Gasteiger partial charge >= 0.3 is 0 Å². The Morgan fingerprint density at radius 3 is 3.00 bits per heavy atom. The molecule has 0 radical (unpaired) electrons. The van der Waals surface area contributed by atoms with Crippen molar-refractivity contribution in [1.82, 2.24) is 4.90 Å². The molecule has 1 heterocycles. The minimum Gasteiger partial charge on any atom is -0.373 e. The second-order valence-corrected chi connectivity index (χ2v) is 3.93. The van der Waals surface area contributed by atoms with Crippen molar-refractivity contribution in [2.24, 2.45) is 0 Å². The molecule has 1 fully saturated rings. The molecule has 0 aromatic rings. The fourth-order valence-electron chi connectivity index (χ4n) is 0.992. The summed E-state index contributed by atoms with van der Waals surface area (Å²) in [6.45, 7) is 6.24. The summed E-state index contributed by atoms with van der Waals surface area (Å²) in [5.74, 6) is 0.495. The summed E-state index contributed by atoms with van der Waals surface area (Å²) in [7, 11) is 0. The van der Waals surface area contributed by atoms with Crippen molar-refractivity contribution in [3.8, 4) is 0 Å². The third-order valence-electron chi connectivity index (χ3n) is 1.73. The zero-order chi connectivity index (χ0) is 9.14. The van der Waals surface area contributed by atoms with Gasteiger partial charge < -0.3 is 10.0 Å². The highest BCUT2D eigenvalue weighted by Gasteiger charge is 2.29. The third kappa shape index (κ3) is 2.25. The first kappa shape index (κ1) is 9.61. The average molecular weight is 187 g/mol. The Bertz CT molecular complexity index is 205. The van der Waals surface area contributed by atoms with Crippen LogP contribution in [0.15, 0.2) is 12.2 Å². The molecule has 1 amide bonds. The van der Waals surface area contributed by atoms with E-state index in [1.165, 1.54) is 16.7 Å². The van der Waals surface area contributed by atoms with Crippen LogP contribution in [0, 0.1) is 0 Å². The zero-order valence-electron chi connectivity index (χ0n) is 7.12. The molecule has 1 saturated heterocycles. The van der Waals surface area contributed by atoms with Gasteiger partial charge in [-0.3, -0.25) is 4.79 Å². The van der Waals surface area contributed by atoms with Gasteiger partial charge in [-0.15, -0.1) is 6.58 Å². The predicted octanol–water partition coefficient (Wildman–Crippen LogP) is 1.44. The fourth-order valence-corrected chi connectivity index (χ4v) is 1.84. The van der Waals surface area contributed by atoms with Crippen molar-refractivity contribution >= 4 is 17.0 Å². The predicted molar refractivity (Wildman–Crippen MR) is 50.0 cm³/mol. The first-order chi connectivity index (χ1) is 5.61. The second kappa shape index (κ2) is 3.96. The molecule has 0 saturated carbocycles. The first-order valence-corrected chi connectivity index (χ1v) is 4.85. The Kier molecular flexibility index (Phi) is 3.17. The Morgan fingerprint density at radius 2 is 2.58 bits per heavy atom. The minimum atomic E-state index is -0.596. The van der Waals surface area contributed by atoms with Crippen LogP contribution in [0.5, 0.6) is 0 Å². The molecule has 1 N–H and O–H groups in total. The molecule has 0 spiro atoms. The number of hydrogen-bond acceptors (Lipinski definition) is 3. The highest BCUT2D eigenvalue weighted by molar-refractivity contribution is 8.13. The standard InChI is InChI=1S/C8H13NO2S/c1-6(2)3-4-9-7(10)5-12-8(9)11/h7,10H,1,3-5H2,2H3. The van der Waals surface area contributed by atoms with Crippen molar-refractivity contribution in [2.75, 3.05) is 12.3 Å². The summed E-state index contributed by atoms with van der Waals surface area (Å²) in [6.07, 6.45) is 0.172. The maximum absolute atomic E-state index is 11.1. The number of thioether (sulfide) groups is 1. The van der Waals surface area contributed by atoms with Crippen molar-refractivity contribution in [3.63, 3.8) is 0 Å². The van der Waals surface area contributed by atoms with Crippen LogP contribution in [0.25, 0.3) is 0 Å². The van der Waals surface area contributed by atoms with Crippen LogP contribution >= 0.6 is 11.8 Å². The second-order valence-electron chi connectivity index (χ2n) is 2.96. The molecule has 0 aliphatic carbocycles. The van der Waals surface area contributed by atoms with Gasteiger partial charge in [0.15, 0.2) is 0 Å². The Labute approximate surface area is 76.4 Å². The van der Waals surface area contributed by atoms with E-state index in [4.69, 9.17) is 0 Å². The van der Waals surface area contributed by atoms with E-state index in [-0.39, 0.29) is 5.24 Å². The number of amides is 1. The molecule has 1 atom stereocenters. The quantitative estimate of drug-likeness (QED) is 0.680. The molecule has 3 nitrogen and oxygen atoms in total. The van der Waals surface area contributed by atoms with E-state index in [2.05, 4.69) is 6.58 Å². The molecule has 0 aromatic heterocycles. The summed E-state index contributed by atoms with van der Waals surface area (Å²) in [5, 5.41) is 9.30. The third-order valence-corrected chi connectivity index (χ3v) is 2.68. The molecule has 0 aromatic carbocycles. The van der Waals surface area contributed by atoms with Gasteiger partial charge in [-0.05, 0) is 13.3 Å². The van der Waals surface area contributed by atoms with Gasteiger partial charge in [0, 0.05) is 12.3 Å². The number of rotatable bonds is 3. The maximum Gasteiger partial charge on any atom is 0.283 e. The highest BCUT2D eigenvalue weighted by Crippen LogP contribution is 2.22. The minimum absolute atomic E-state index is 0.0243. The smallest absolute Gasteiger partial charge is 0.283 e. The summed E-state index contributed by atoms with van der Waals surface area (Å²) in [5.41, 5.74) is 1.03. The van der Waals surface area contributed by atoms with E-state index in [0.29, 0.717) is 12.3 Å². The van der Waals surface area contributed by atoms with Gasteiger partial charge in [-0.25, -0.2) is 0 Å². The number of carbonyl (C=O) groups excluding carboxylic acids is 1. The lowest BCUT2D eigenvalue weighted by Gasteiger charge is -2.18. The molecule has 12 heavy (non-hydrogen) atoms. The number of hydrogen-bond donors (Lipinski definition) is 1. The number of aliphatic hydroxyl groups excluding tert-OH is 1. The SMILES string of the molecule is C=C(C)CCN1C(=O)SCC1O. The van der Waals surface area contributed by atoms with E-state index in [1.54, 1.807) is 0 Å². The maximum atomic E-state index is 11.1. The van der Waals surface area contributed by atoms with Gasteiger partial charge in [-0.2, -0.15) is 0 Å². The van der Waals surface area contributed by atoms with Crippen LogP contribution in [0.4, 0.5) is 4.79 Å². The number of nitrogens with zero attached hydrogens (tertiary/aromatic N) is 1. The molecule has 0 bridgehead atoms. The van der Waals surface area contributed by atoms with Crippen LogP contribution < -0.4 is 0 Å². The molecule has 1 unspecified atom stereocenters. The van der Waals surface area contributed by atoms with Crippen molar-refractivity contribution in [3.05, 3.63) is 12.2 Å². The topological polar surface area (TPSA) is 40.5 Å². The summed E-state index contributed by atoms with van der Waals surface area (Å²) < 4.78 is 0. The van der Waals surface area contributed by atoms with Crippen molar-refractivity contribution in [1.29, 1.82) is 0 Å². The van der Waals surface area contributed by atoms with E-state index in [9.17, 15) is 9.90 Å². The molecular weight excluding hydrogens is 174 g/mol. The van der Waals surface area contributed by atoms with Crippen molar-refractivity contribution in [2.45, 2.75) is 19.6 Å². The summed E-state index contributed by atoms with van der Waals surface area (Å²) in [6, 6.07) is 0. The lowest BCUT2D eigenvalue weighted by molar-refractivity contribution is 0.0666. The van der Waals surface area contributed by atoms with E-state index >= 15 is 0 Å². The Morgan fingerprint density at radius 1 is 1.92 bits per heavy atom. The van der Waals surface area contributed by atoms with Gasteiger partial charge in [0.2, 0.25) is 0 Å². The number of carbonyl (C=O) groups is 1. The largest absolute Gasteiger partial charge is 0.373 e. The lowest BCUT2D eigenvalue weighted by Crippen LogP contribution is -2.33. The van der Waals surface area contributed by atoms with E-state index in [1.807, 2.05) is 6.92 Å². The summed E-state index contributed by atoms with van der Waals surface area (Å²) in [4.78, 5) is 12.6. The fraction of sp³-hybridized carbons (Fsp3) is 0.625. The van der Waals surface area contributed by atoms with Crippen LogP contribution in [0.3, 0.4) is 0 Å². The average Bonchev–Trinajstić information content (AvgIpc) is 2.28. The highest BCUT2D eigenvalue weighted by atomic mass is 32.2. The van der Waals surface area contributed by atoms with Crippen molar-refractivity contribution < 1.29 is 9.90 Å². The Balaban J connectivity index is 2.39. The summed E-state index contributed by atoms with van der Waals surface area (Å²) >= 11 is 1.17. The molecule has 1 rings (SSSR count). The van der Waals surface area contributed by atoms with Crippen LogP contribution in [0.1, 0.15) is 13.3 Å². The molecule has 1 aliphatic rings. The lowest BCUT2D eigenvalue weighted by atomic mass is 10.2.